The first-order valence-corrected chi connectivity index (χ1v) is 12.9. The molecule has 1 nitrogen and oxygen atoms in total. The van der Waals surface area contributed by atoms with Crippen LogP contribution in [0.5, 0.6) is 0 Å². The fourth-order valence-electron chi connectivity index (χ4n) is 4.35. The average Bonchev–Trinajstić information content (AvgIpc) is 2.94. The van der Waals surface area contributed by atoms with Crippen LogP contribution in [0, 0.1) is 23.3 Å². The topological polar surface area (TPSA) is 12.4 Å². The van der Waals surface area contributed by atoms with E-state index in [4.69, 9.17) is 0 Å². The molecular formula is C32H23F6NS. The van der Waals surface area contributed by atoms with Crippen molar-refractivity contribution in [1.29, 1.82) is 0 Å². The Labute approximate surface area is 233 Å². The van der Waals surface area contributed by atoms with Gasteiger partial charge in [-0.05, 0) is 83.6 Å². The number of thiocarbonyl (C=S) groups is 1. The molecule has 0 spiro atoms. The molecule has 0 fully saturated rings. The van der Waals surface area contributed by atoms with Crippen LogP contribution in [0.2, 0.25) is 0 Å². The number of isothiocyanates is 1. The number of allylic oxidation sites excluding steroid dienone is 1. The van der Waals surface area contributed by atoms with Crippen LogP contribution < -0.4 is 0 Å². The van der Waals surface area contributed by atoms with Gasteiger partial charge in [0, 0.05) is 12.0 Å². The van der Waals surface area contributed by atoms with Gasteiger partial charge in [-0.25, -0.2) is 26.3 Å². The molecule has 0 aliphatic carbocycles. The molecule has 4 aromatic carbocycles. The van der Waals surface area contributed by atoms with Crippen LogP contribution in [0.25, 0.3) is 28.1 Å². The van der Waals surface area contributed by atoms with Gasteiger partial charge in [-0.15, -0.1) is 0 Å². The molecule has 0 saturated carbocycles. The minimum absolute atomic E-state index is 0.0315. The van der Waals surface area contributed by atoms with E-state index in [0.717, 1.165) is 17.7 Å². The second-order valence-electron chi connectivity index (χ2n) is 9.17. The van der Waals surface area contributed by atoms with Crippen molar-refractivity contribution >= 4 is 28.9 Å². The van der Waals surface area contributed by atoms with Gasteiger partial charge >= 0.3 is 0 Å². The highest BCUT2D eigenvalue weighted by Gasteiger charge is 2.16. The lowest BCUT2D eigenvalue weighted by Crippen LogP contribution is -1.97. The van der Waals surface area contributed by atoms with E-state index in [9.17, 15) is 17.6 Å². The Morgan fingerprint density at radius 2 is 1.25 bits per heavy atom. The molecule has 0 saturated heterocycles. The number of halogens is 6. The molecule has 0 atom stereocenters. The molecule has 4 aromatic rings. The minimum atomic E-state index is -0.912. The smallest absolute Gasteiger partial charge is 0.161 e. The second kappa shape index (κ2) is 12.9. The predicted molar refractivity (Wildman–Crippen MR) is 150 cm³/mol. The molecule has 0 aliphatic heterocycles. The maximum Gasteiger partial charge on any atom is 0.161 e. The van der Waals surface area contributed by atoms with Crippen molar-refractivity contribution in [2.24, 2.45) is 4.99 Å². The zero-order valence-corrected chi connectivity index (χ0v) is 22.2. The van der Waals surface area contributed by atoms with Crippen LogP contribution in [-0.2, 0) is 12.8 Å². The SMILES string of the molecule is CCC/C(F)=C(\F)c1ccc(CCc2cc(F)c(-c3ccc(-c4cc(F)c(N=C=S)c(F)c4)cc3)c(F)c2)cc1. The number of aliphatic imine (C=N–C) groups is 1. The van der Waals surface area contributed by atoms with Gasteiger partial charge in [-0.3, -0.25) is 0 Å². The van der Waals surface area contributed by atoms with Crippen molar-refractivity contribution in [3.63, 3.8) is 0 Å². The van der Waals surface area contributed by atoms with E-state index < -0.39 is 40.6 Å². The fourth-order valence-corrected chi connectivity index (χ4v) is 4.44. The van der Waals surface area contributed by atoms with Crippen molar-refractivity contribution in [3.05, 3.63) is 119 Å². The summed E-state index contributed by atoms with van der Waals surface area (Å²) in [6.07, 6.45) is 1.30. The van der Waals surface area contributed by atoms with E-state index in [2.05, 4.69) is 17.2 Å². The molecule has 0 unspecified atom stereocenters. The van der Waals surface area contributed by atoms with Crippen LogP contribution in [0.3, 0.4) is 0 Å². The standard InChI is InChI=1S/C32H23F6NS/c1-2-3-25(33)31(38)23-8-6-19(7-9-23)4-5-20-14-26(34)30(27(35)15-20)22-12-10-21(11-13-22)24-16-28(36)32(39-18-40)29(37)17-24/h6-17H,2-5H2,1H3/b31-25+. The molecule has 0 heterocycles. The lowest BCUT2D eigenvalue weighted by atomic mass is 9.96. The minimum Gasteiger partial charge on any atom is -0.209 e. The Morgan fingerprint density at radius 3 is 1.80 bits per heavy atom. The summed E-state index contributed by atoms with van der Waals surface area (Å²) >= 11 is 4.40. The molecule has 0 aliphatic rings. The van der Waals surface area contributed by atoms with E-state index in [1.165, 1.54) is 48.5 Å². The van der Waals surface area contributed by atoms with Gasteiger partial charge in [-0.2, -0.15) is 4.99 Å². The third kappa shape index (κ3) is 6.58. The van der Waals surface area contributed by atoms with E-state index in [1.54, 1.807) is 19.1 Å². The number of hydrogen-bond acceptors (Lipinski definition) is 2. The number of benzene rings is 4. The number of hydrogen-bond donors (Lipinski definition) is 0. The van der Waals surface area contributed by atoms with Gasteiger partial charge in [0.1, 0.15) is 23.1 Å². The maximum atomic E-state index is 15.0. The first kappa shape index (κ1) is 29.0. The van der Waals surface area contributed by atoms with E-state index >= 15 is 8.78 Å². The molecule has 204 valence electrons. The highest BCUT2D eigenvalue weighted by atomic mass is 32.1. The van der Waals surface area contributed by atoms with Crippen molar-refractivity contribution in [3.8, 4) is 22.3 Å². The highest BCUT2D eigenvalue weighted by molar-refractivity contribution is 7.78. The van der Waals surface area contributed by atoms with Crippen LogP contribution in [0.1, 0.15) is 36.5 Å². The summed E-state index contributed by atoms with van der Waals surface area (Å²) in [5, 5.41) is 1.93. The zero-order chi connectivity index (χ0) is 28.8. The Bertz CT molecular complexity index is 1560. The molecule has 8 heteroatoms. The van der Waals surface area contributed by atoms with Crippen LogP contribution in [0.15, 0.2) is 83.6 Å². The Hall–Kier alpha value is -4.00. The van der Waals surface area contributed by atoms with Crippen molar-refractivity contribution in [2.75, 3.05) is 0 Å². The predicted octanol–water partition coefficient (Wildman–Crippen LogP) is 10.5. The second-order valence-corrected chi connectivity index (χ2v) is 9.35. The lowest BCUT2D eigenvalue weighted by Gasteiger charge is -2.11. The summed E-state index contributed by atoms with van der Waals surface area (Å²) < 4.78 is 86.3. The van der Waals surface area contributed by atoms with Gasteiger partial charge < -0.3 is 0 Å². The largest absolute Gasteiger partial charge is 0.209 e. The quantitative estimate of drug-likeness (QED) is 0.111. The van der Waals surface area contributed by atoms with Crippen LogP contribution in [0.4, 0.5) is 32.0 Å². The van der Waals surface area contributed by atoms with Crippen molar-refractivity contribution in [1.82, 2.24) is 0 Å². The highest BCUT2D eigenvalue weighted by Crippen LogP contribution is 2.33. The zero-order valence-electron chi connectivity index (χ0n) is 21.4. The van der Waals surface area contributed by atoms with Gasteiger partial charge in [0.2, 0.25) is 0 Å². The maximum absolute atomic E-state index is 15.0. The molecule has 0 radical (unpaired) electrons. The van der Waals surface area contributed by atoms with Crippen molar-refractivity contribution < 1.29 is 26.3 Å². The monoisotopic (exact) mass is 567 g/mol. The number of aryl methyl sites for hydroxylation is 2. The summed E-state index contributed by atoms with van der Waals surface area (Å²) in [6, 6.07) is 16.9. The summed E-state index contributed by atoms with van der Waals surface area (Å²) in [5.74, 6) is -5.00. The normalized spacial score (nSPS) is 11.7. The molecule has 40 heavy (non-hydrogen) atoms. The Balaban J connectivity index is 1.49. The van der Waals surface area contributed by atoms with Crippen LogP contribution in [-0.4, -0.2) is 5.16 Å². The number of rotatable bonds is 9. The van der Waals surface area contributed by atoms with Gasteiger partial charge in [0.15, 0.2) is 17.5 Å². The third-order valence-corrected chi connectivity index (χ3v) is 6.49. The lowest BCUT2D eigenvalue weighted by molar-refractivity contribution is 0.559. The molecule has 0 aromatic heterocycles. The molecule has 4 rings (SSSR count). The number of nitrogens with zero attached hydrogens (tertiary/aromatic N) is 1. The molecule has 0 N–H and O–H groups in total. The molecule has 0 bridgehead atoms. The summed E-state index contributed by atoms with van der Waals surface area (Å²) in [4.78, 5) is 3.38. The Morgan fingerprint density at radius 1 is 0.700 bits per heavy atom. The summed E-state index contributed by atoms with van der Waals surface area (Å²) in [6.45, 7) is 1.76. The van der Waals surface area contributed by atoms with Gasteiger partial charge in [0.05, 0.1) is 10.7 Å². The fraction of sp³-hybridized carbons (Fsp3) is 0.156. The first-order chi connectivity index (χ1) is 19.2. The first-order valence-electron chi connectivity index (χ1n) is 12.5. The summed E-state index contributed by atoms with van der Waals surface area (Å²) in [5.41, 5.74) is 1.54. The summed E-state index contributed by atoms with van der Waals surface area (Å²) in [7, 11) is 0. The van der Waals surface area contributed by atoms with E-state index in [-0.39, 0.29) is 28.7 Å². The van der Waals surface area contributed by atoms with Gasteiger partial charge in [-0.1, -0.05) is 55.5 Å². The third-order valence-electron chi connectivity index (χ3n) is 6.40. The van der Waals surface area contributed by atoms with E-state index in [0.29, 0.717) is 30.4 Å². The molecular weight excluding hydrogens is 544 g/mol. The molecule has 0 amide bonds. The van der Waals surface area contributed by atoms with Crippen molar-refractivity contribution in [2.45, 2.75) is 32.6 Å². The van der Waals surface area contributed by atoms with Gasteiger partial charge in [0.25, 0.3) is 0 Å². The van der Waals surface area contributed by atoms with E-state index in [1.807, 2.05) is 5.16 Å². The Kier molecular flexibility index (Phi) is 9.35. The van der Waals surface area contributed by atoms with Crippen LogP contribution >= 0.6 is 12.2 Å². The average molecular weight is 568 g/mol.